The highest BCUT2D eigenvalue weighted by atomic mass is 32.2. The lowest BCUT2D eigenvalue weighted by Gasteiger charge is -2.24. The van der Waals surface area contributed by atoms with Gasteiger partial charge in [-0.2, -0.15) is 0 Å². The highest BCUT2D eigenvalue weighted by molar-refractivity contribution is 7.89. The molecule has 1 aliphatic heterocycles. The van der Waals surface area contributed by atoms with Gasteiger partial charge in [0, 0.05) is 11.6 Å². The Morgan fingerprint density at radius 2 is 1.88 bits per heavy atom. The maximum atomic E-state index is 12.9. The number of piperidine rings is 1. The molecule has 0 unspecified atom stereocenters. The van der Waals surface area contributed by atoms with E-state index in [1.54, 1.807) is 0 Å². The molecule has 0 atom stereocenters. The minimum absolute atomic E-state index is 0.0409. The van der Waals surface area contributed by atoms with Crippen molar-refractivity contribution in [3.63, 3.8) is 0 Å². The molecule has 2 fully saturated rings. The molecule has 0 spiro atoms. The lowest BCUT2D eigenvalue weighted by molar-refractivity contribution is 0.352. The number of benzene rings is 1. The molecule has 0 bridgehead atoms. The highest BCUT2D eigenvalue weighted by Gasteiger charge is 2.41. The molecule has 0 amide bonds. The number of aromatic nitrogens is 2. The summed E-state index contributed by atoms with van der Waals surface area (Å²) in [5.74, 6) is 0. The molecule has 8 nitrogen and oxygen atoms in total. The molecular formula is C17H22N4O4S. The van der Waals surface area contributed by atoms with E-state index in [0.29, 0.717) is 18.4 Å². The van der Waals surface area contributed by atoms with Gasteiger partial charge in [-0.3, -0.25) is 9.36 Å². The average Bonchev–Trinajstić information content (AvgIpc) is 3.31. The van der Waals surface area contributed by atoms with E-state index in [1.165, 1.54) is 22.8 Å². The molecule has 1 aliphatic carbocycles. The van der Waals surface area contributed by atoms with Gasteiger partial charge in [0.05, 0.1) is 15.8 Å². The fraction of sp³-hybridized carbons (Fsp3) is 0.529. The van der Waals surface area contributed by atoms with Crippen LogP contribution in [0.5, 0.6) is 0 Å². The van der Waals surface area contributed by atoms with Crippen LogP contribution in [0.25, 0.3) is 10.9 Å². The van der Waals surface area contributed by atoms with Crippen LogP contribution in [0.2, 0.25) is 0 Å². The number of sulfonamides is 1. The van der Waals surface area contributed by atoms with E-state index >= 15 is 0 Å². The number of H-pyrrole nitrogens is 1. The number of hydrogen-bond acceptors (Lipinski definition) is 5. The first-order chi connectivity index (χ1) is 12.3. The van der Waals surface area contributed by atoms with Crippen molar-refractivity contribution in [1.82, 2.24) is 19.6 Å². The van der Waals surface area contributed by atoms with Gasteiger partial charge >= 0.3 is 5.69 Å². The first kappa shape index (κ1) is 17.4. The standard InChI is InChI=1S/C17H22N4O4S/c1-17(6-7-17)20-26(24,25)12-2-3-14-13(10-12)15(22)21(16(23)19-14)11-4-8-18-9-5-11/h2-3,10-11,18,20H,4-9H2,1H3,(H,19,23). The zero-order valence-electron chi connectivity index (χ0n) is 14.5. The van der Waals surface area contributed by atoms with Crippen LogP contribution in [0, 0.1) is 0 Å². The van der Waals surface area contributed by atoms with Crippen molar-refractivity contribution in [1.29, 1.82) is 0 Å². The Kier molecular flexibility index (Phi) is 4.05. The molecule has 3 N–H and O–H groups in total. The molecule has 140 valence electrons. The topological polar surface area (TPSA) is 113 Å². The van der Waals surface area contributed by atoms with E-state index in [2.05, 4.69) is 15.0 Å². The Hall–Kier alpha value is -1.97. The van der Waals surface area contributed by atoms with Crippen molar-refractivity contribution in [2.45, 2.75) is 49.1 Å². The summed E-state index contributed by atoms with van der Waals surface area (Å²) >= 11 is 0. The van der Waals surface area contributed by atoms with Gasteiger partial charge in [-0.1, -0.05) is 0 Å². The van der Waals surface area contributed by atoms with E-state index in [4.69, 9.17) is 0 Å². The summed E-state index contributed by atoms with van der Waals surface area (Å²) < 4.78 is 29.1. The SMILES string of the molecule is CC1(NS(=O)(=O)c2ccc3[nH]c(=O)n(C4CCNCC4)c(=O)c3c2)CC1. The zero-order valence-corrected chi connectivity index (χ0v) is 15.4. The summed E-state index contributed by atoms with van der Waals surface area (Å²) in [7, 11) is -3.71. The van der Waals surface area contributed by atoms with E-state index < -0.39 is 26.8 Å². The Bertz CT molecular complexity index is 1080. The third-order valence-electron chi connectivity index (χ3n) is 5.27. The summed E-state index contributed by atoms with van der Waals surface area (Å²) in [5, 5.41) is 3.42. The van der Waals surface area contributed by atoms with E-state index in [-0.39, 0.29) is 16.3 Å². The number of nitrogens with one attached hydrogen (secondary N) is 3. The van der Waals surface area contributed by atoms with Crippen molar-refractivity contribution >= 4 is 20.9 Å². The summed E-state index contributed by atoms with van der Waals surface area (Å²) in [6, 6.07) is 4.08. The number of nitrogens with zero attached hydrogens (tertiary/aromatic N) is 1. The number of rotatable bonds is 4. The maximum Gasteiger partial charge on any atom is 0.329 e. The normalized spacial score (nSPS) is 20.3. The van der Waals surface area contributed by atoms with Gasteiger partial charge in [-0.05, 0) is 63.9 Å². The molecule has 0 radical (unpaired) electrons. The second-order valence-electron chi connectivity index (χ2n) is 7.46. The van der Waals surface area contributed by atoms with Crippen LogP contribution in [0.4, 0.5) is 0 Å². The van der Waals surface area contributed by atoms with E-state index in [1.807, 2.05) is 6.92 Å². The van der Waals surface area contributed by atoms with Crippen molar-refractivity contribution < 1.29 is 8.42 Å². The van der Waals surface area contributed by atoms with Crippen molar-refractivity contribution in [3.05, 3.63) is 39.0 Å². The predicted molar refractivity (Wildman–Crippen MR) is 97.9 cm³/mol. The van der Waals surface area contributed by atoms with Crippen molar-refractivity contribution in [2.24, 2.45) is 0 Å². The first-order valence-corrected chi connectivity index (χ1v) is 10.3. The highest BCUT2D eigenvalue weighted by Crippen LogP contribution is 2.36. The Morgan fingerprint density at radius 1 is 1.19 bits per heavy atom. The molecular weight excluding hydrogens is 356 g/mol. The van der Waals surface area contributed by atoms with E-state index in [0.717, 1.165) is 25.9 Å². The van der Waals surface area contributed by atoms with Gasteiger partial charge in [0.25, 0.3) is 5.56 Å². The lowest BCUT2D eigenvalue weighted by atomic mass is 10.1. The quantitative estimate of drug-likeness (QED) is 0.715. The van der Waals surface area contributed by atoms with Crippen LogP contribution in [0.3, 0.4) is 0 Å². The van der Waals surface area contributed by atoms with Crippen molar-refractivity contribution in [2.75, 3.05) is 13.1 Å². The number of hydrogen-bond donors (Lipinski definition) is 3. The summed E-state index contributed by atoms with van der Waals surface area (Å²) in [4.78, 5) is 28.1. The summed E-state index contributed by atoms with van der Waals surface area (Å²) in [5.41, 5.74) is -0.936. The van der Waals surface area contributed by atoms with Gasteiger partial charge in [0.15, 0.2) is 0 Å². The molecule has 1 saturated carbocycles. The molecule has 4 rings (SSSR count). The minimum Gasteiger partial charge on any atom is -0.317 e. The van der Waals surface area contributed by atoms with Crippen LogP contribution in [-0.2, 0) is 10.0 Å². The second-order valence-corrected chi connectivity index (χ2v) is 9.14. The monoisotopic (exact) mass is 378 g/mol. The average molecular weight is 378 g/mol. The molecule has 2 heterocycles. The molecule has 26 heavy (non-hydrogen) atoms. The van der Waals surface area contributed by atoms with Gasteiger partial charge in [0.1, 0.15) is 0 Å². The third-order valence-corrected chi connectivity index (χ3v) is 6.90. The largest absolute Gasteiger partial charge is 0.329 e. The third kappa shape index (κ3) is 3.10. The van der Waals surface area contributed by atoms with Gasteiger partial charge in [-0.15, -0.1) is 0 Å². The second kappa shape index (κ2) is 6.04. The smallest absolute Gasteiger partial charge is 0.317 e. The molecule has 1 aromatic carbocycles. The number of aromatic amines is 1. The Morgan fingerprint density at radius 3 is 2.54 bits per heavy atom. The zero-order chi connectivity index (χ0) is 18.5. The maximum absolute atomic E-state index is 12.9. The molecule has 1 saturated heterocycles. The predicted octanol–water partition coefficient (Wildman–Crippen LogP) is 0.445. The van der Waals surface area contributed by atoms with Gasteiger partial charge in [0.2, 0.25) is 10.0 Å². The van der Waals surface area contributed by atoms with Crippen molar-refractivity contribution in [3.8, 4) is 0 Å². The lowest BCUT2D eigenvalue weighted by Crippen LogP contribution is -2.42. The van der Waals surface area contributed by atoms with Crippen LogP contribution >= 0.6 is 0 Å². The molecule has 1 aromatic heterocycles. The first-order valence-electron chi connectivity index (χ1n) is 8.82. The van der Waals surface area contributed by atoms with Crippen LogP contribution in [0.1, 0.15) is 38.6 Å². The van der Waals surface area contributed by atoms with Gasteiger partial charge in [-0.25, -0.2) is 17.9 Å². The number of fused-ring (bicyclic) bond motifs is 1. The molecule has 2 aromatic rings. The minimum atomic E-state index is -3.71. The van der Waals surface area contributed by atoms with Gasteiger partial charge < -0.3 is 10.3 Å². The van der Waals surface area contributed by atoms with Crippen LogP contribution < -0.4 is 21.3 Å². The summed E-state index contributed by atoms with van der Waals surface area (Å²) in [6.45, 7) is 3.34. The molecule has 2 aliphatic rings. The van der Waals surface area contributed by atoms with Crippen LogP contribution in [0.15, 0.2) is 32.7 Å². The Labute approximate surface area is 150 Å². The fourth-order valence-corrected chi connectivity index (χ4v) is 4.93. The summed E-state index contributed by atoms with van der Waals surface area (Å²) in [6.07, 6.45) is 2.98. The molecule has 9 heteroatoms. The fourth-order valence-electron chi connectivity index (χ4n) is 3.44. The Balaban J connectivity index is 1.82. The van der Waals surface area contributed by atoms with Crippen LogP contribution in [-0.4, -0.2) is 36.6 Å². The van der Waals surface area contributed by atoms with E-state index in [9.17, 15) is 18.0 Å².